The lowest BCUT2D eigenvalue weighted by Gasteiger charge is -2.33. The molecule has 0 spiro atoms. The number of aromatic nitrogens is 1. The van der Waals surface area contributed by atoms with E-state index in [1.807, 2.05) is 43.1 Å². The number of hydrogen-bond donors (Lipinski definition) is 1. The van der Waals surface area contributed by atoms with Crippen LogP contribution in [0, 0.1) is 6.92 Å². The van der Waals surface area contributed by atoms with Crippen LogP contribution in [0.25, 0.3) is 0 Å². The summed E-state index contributed by atoms with van der Waals surface area (Å²) >= 11 is 0. The number of benzene rings is 1. The molecular formula is C19H23N3O3. The minimum Gasteiger partial charge on any atom is -0.497 e. The Balaban J connectivity index is 1.78. The lowest BCUT2D eigenvalue weighted by molar-refractivity contribution is -0.0247. The minimum atomic E-state index is -0.227. The molecule has 1 aromatic heterocycles. The fourth-order valence-electron chi connectivity index (χ4n) is 2.95. The second-order valence-corrected chi connectivity index (χ2v) is 6.01. The second-order valence-electron chi connectivity index (χ2n) is 6.01. The summed E-state index contributed by atoms with van der Waals surface area (Å²) in [5, 5.41) is 3.13. The predicted molar refractivity (Wildman–Crippen MR) is 96.1 cm³/mol. The molecular weight excluding hydrogens is 318 g/mol. The SMILES string of the molecule is CNc1cc(C)nc([C@@H]2CN(C(=O)c3cccc(OC)c3)CCO2)c1. The number of methoxy groups -OCH3 is 1. The maximum Gasteiger partial charge on any atom is 0.254 e. The largest absolute Gasteiger partial charge is 0.497 e. The second kappa shape index (κ2) is 7.53. The van der Waals surface area contributed by atoms with E-state index in [2.05, 4.69) is 10.3 Å². The van der Waals surface area contributed by atoms with Gasteiger partial charge in [0.25, 0.3) is 5.91 Å². The molecule has 1 N–H and O–H groups in total. The summed E-state index contributed by atoms with van der Waals surface area (Å²) < 4.78 is 11.1. The topological polar surface area (TPSA) is 63.7 Å². The first-order valence-electron chi connectivity index (χ1n) is 8.32. The van der Waals surface area contributed by atoms with E-state index in [0.29, 0.717) is 31.0 Å². The van der Waals surface area contributed by atoms with E-state index in [1.165, 1.54) is 0 Å². The number of hydrogen-bond acceptors (Lipinski definition) is 5. The van der Waals surface area contributed by atoms with Gasteiger partial charge in [0.15, 0.2) is 0 Å². The number of rotatable bonds is 4. The van der Waals surface area contributed by atoms with Crippen LogP contribution in [0.15, 0.2) is 36.4 Å². The van der Waals surface area contributed by atoms with Gasteiger partial charge >= 0.3 is 0 Å². The first-order chi connectivity index (χ1) is 12.1. The number of anilines is 1. The number of pyridine rings is 1. The van der Waals surface area contributed by atoms with E-state index in [0.717, 1.165) is 17.1 Å². The van der Waals surface area contributed by atoms with Gasteiger partial charge in [0, 0.05) is 30.5 Å². The molecule has 1 saturated heterocycles. The van der Waals surface area contributed by atoms with Gasteiger partial charge < -0.3 is 19.7 Å². The van der Waals surface area contributed by atoms with Crippen molar-refractivity contribution in [3.05, 3.63) is 53.3 Å². The Hall–Kier alpha value is -2.60. The third kappa shape index (κ3) is 3.91. The van der Waals surface area contributed by atoms with Crippen molar-refractivity contribution in [2.45, 2.75) is 13.0 Å². The lowest BCUT2D eigenvalue weighted by atomic mass is 10.1. The van der Waals surface area contributed by atoms with Crippen molar-refractivity contribution in [2.24, 2.45) is 0 Å². The van der Waals surface area contributed by atoms with Crippen LogP contribution in [-0.2, 0) is 4.74 Å². The van der Waals surface area contributed by atoms with E-state index in [-0.39, 0.29) is 12.0 Å². The van der Waals surface area contributed by atoms with E-state index in [9.17, 15) is 4.79 Å². The van der Waals surface area contributed by atoms with Crippen LogP contribution in [0.1, 0.15) is 27.8 Å². The third-order valence-electron chi connectivity index (χ3n) is 4.26. The summed E-state index contributed by atoms with van der Waals surface area (Å²) in [5.74, 6) is 0.656. The van der Waals surface area contributed by atoms with Crippen LogP contribution in [0.3, 0.4) is 0 Å². The van der Waals surface area contributed by atoms with Gasteiger partial charge in [-0.05, 0) is 37.3 Å². The molecule has 1 aliphatic heterocycles. The van der Waals surface area contributed by atoms with Crippen LogP contribution >= 0.6 is 0 Å². The molecule has 1 fully saturated rings. The minimum absolute atomic E-state index is 0.0197. The molecule has 0 radical (unpaired) electrons. The summed E-state index contributed by atoms with van der Waals surface area (Å²) in [7, 11) is 3.47. The van der Waals surface area contributed by atoms with Crippen molar-refractivity contribution in [3.8, 4) is 5.75 Å². The number of ether oxygens (including phenoxy) is 2. The normalized spacial score (nSPS) is 17.2. The van der Waals surface area contributed by atoms with E-state index in [4.69, 9.17) is 9.47 Å². The van der Waals surface area contributed by atoms with Crippen molar-refractivity contribution in [1.29, 1.82) is 0 Å². The van der Waals surface area contributed by atoms with Gasteiger partial charge in [0.2, 0.25) is 0 Å². The highest BCUT2D eigenvalue weighted by molar-refractivity contribution is 5.94. The quantitative estimate of drug-likeness (QED) is 0.926. The Morgan fingerprint density at radius 2 is 2.20 bits per heavy atom. The Kier molecular flexibility index (Phi) is 5.19. The summed E-state index contributed by atoms with van der Waals surface area (Å²) in [4.78, 5) is 19.2. The molecule has 1 aliphatic rings. The maximum atomic E-state index is 12.8. The maximum absolute atomic E-state index is 12.8. The predicted octanol–water partition coefficient (Wildman–Crippen LogP) is 2.65. The standard InChI is InChI=1S/C19H23N3O3/c1-13-9-15(20-2)11-17(21-13)18-12-22(7-8-25-18)19(23)14-5-4-6-16(10-14)24-3/h4-6,9-11,18H,7-8,12H2,1-3H3,(H,20,21)/t18-/m0/s1. The van der Waals surface area contributed by atoms with Gasteiger partial charge in [-0.2, -0.15) is 0 Å². The summed E-state index contributed by atoms with van der Waals surface area (Å²) in [6.07, 6.45) is -0.227. The molecule has 1 amide bonds. The molecule has 6 heteroatoms. The number of nitrogens with one attached hydrogen (secondary N) is 1. The average molecular weight is 341 g/mol. The number of carbonyl (C=O) groups is 1. The van der Waals surface area contributed by atoms with Gasteiger partial charge in [-0.25, -0.2) is 0 Å². The first kappa shape index (κ1) is 17.2. The molecule has 25 heavy (non-hydrogen) atoms. The smallest absolute Gasteiger partial charge is 0.254 e. The van der Waals surface area contributed by atoms with Crippen LogP contribution in [0.5, 0.6) is 5.75 Å². The number of morpholine rings is 1. The molecule has 1 atom stereocenters. The molecule has 132 valence electrons. The van der Waals surface area contributed by atoms with Crippen LogP contribution in [-0.4, -0.2) is 49.6 Å². The molecule has 6 nitrogen and oxygen atoms in total. The monoisotopic (exact) mass is 341 g/mol. The summed E-state index contributed by atoms with van der Waals surface area (Å²) in [5.41, 5.74) is 3.37. The van der Waals surface area contributed by atoms with Gasteiger partial charge in [0.05, 0.1) is 26.0 Å². The molecule has 0 saturated carbocycles. The van der Waals surface area contributed by atoms with Crippen molar-refractivity contribution >= 4 is 11.6 Å². The number of carbonyl (C=O) groups excluding carboxylic acids is 1. The fourth-order valence-corrected chi connectivity index (χ4v) is 2.95. The molecule has 2 aromatic rings. The highest BCUT2D eigenvalue weighted by atomic mass is 16.5. The van der Waals surface area contributed by atoms with Gasteiger partial charge in [-0.3, -0.25) is 9.78 Å². The van der Waals surface area contributed by atoms with Gasteiger partial charge in [0.1, 0.15) is 11.9 Å². The molecule has 1 aromatic carbocycles. The number of aryl methyl sites for hydroxylation is 1. The molecule has 0 unspecified atom stereocenters. The summed E-state index contributed by atoms with van der Waals surface area (Å²) in [6.45, 7) is 3.49. The highest BCUT2D eigenvalue weighted by Crippen LogP contribution is 2.25. The van der Waals surface area contributed by atoms with Crippen LogP contribution < -0.4 is 10.1 Å². The Bertz CT molecular complexity index is 763. The van der Waals surface area contributed by atoms with Gasteiger partial charge in [-0.1, -0.05) is 6.07 Å². The van der Waals surface area contributed by atoms with Gasteiger partial charge in [-0.15, -0.1) is 0 Å². The van der Waals surface area contributed by atoms with E-state index in [1.54, 1.807) is 19.2 Å². The number of nitrogens with zero attached hydrogens (tertiary/aromatic N) is 2. The van der Waals surface area contributed by atoms with Crippen LogP contribution in [0.2, 0.25) is 0 Å². The number of amides is 1. The Morgan fingerprint density at radius 1 is 1.36 bits per heavy atom. The van der Waals surface area contributed by atoms with Crippen molar-refractivity contribution in [3.63, 3.8) is 0 Å². The molecule has 0 bridgehead atoms. The molecule has 3 rings (SSSR count). The van der Waals surface area contributed by atoms with Crippen molar-refractivity contribution in [1.82, 2.24) is 9.88 Å². The Morgan fingerprint density at radius 3 is 2.96 bits per heavy atom. The zero-order chi connectivity index (χ0) is 17.8. The third-order valence-corrected chi connectivity index (χ3v) is 4.26. The molecule has 0 aliphatic carbocycles. The zero-order valence-corrected chi connectivity index (χ0v) is 14.8. The first-order valence-corrected chi connectivity index (χ1v) is 8.32. The average Bonchev–Trinajstić information content (AvgIpc) is 2.67. The lowest BCUT2D eigenvalue weighted by Crippen LogP contribution is -2.42. The van der Waals surface area contributed by atoms with Crippen molar-refractivity contribution < 1.29 is 14.3 Å². The highest BCUT2D eigenvalue weighted by Gasteiger charge is 2.27. The molecule has 2 heterocycles. The van der Waals surface area contributed by atoms with Crippen molar-refractivity contribution in [2.75, 3.05) is 39.2 Å². The summed E-state index contributed by atoms with van der Waals surface area (Å²) in [6, 6.07) is 11.2. The van der Waals surface area contributed by atoms with E-state index >= 15 is 0 Å². The van der Waals surface area contributed by atoms with Crippen LogP contribution in [0.4, 0.5) is 5.69 Å². The van der Waals surface area contributed by atoms with E-state index < -0.39 is 0 Å². The fraction of sp³-hybridized carbons (Fsp3) is 0.368. The Labute approximate surface area is 147 Å². The zero-order valence-electron chi connectivity index (χ0n) is 14.8.